The van der Waals surface area contributed by atoms with Gasteiger partial charge in [-0.05, 0) is 25.1 Å². The summed E-state index contributed by atoms with van der Waals surface area (Å²) in [4.78, 5) is 11.9. The monoisotopic (exact) mass is 237 g/mol. The zero-order valence-electron chi connectivity index (χ0n) is 9.07. The van der Waals surface area contributed by atoms with Gasteiger partial charge in [0, 0.05) is 12.1 Å². The lowest BCUT2D eigenvalue weighted by Gasteiger charge is -2.08. The molecular weight excluding hydrogens is 226 g/mol. The molecule has 1 heterocycles. The highest BCUT2D eigenvalue weighted by atomic mass is 35.5. The molecule has 2 N–H and O–H groups in total. The van der Waals surface area contributed by atoms with E-state index in [9.17, 15) is 4.79 Å². The molecule has 5 heteroatoms. The summed E-state index contributed by atoms with van der Waals surface area (Å²) >= 11 is 5.89. The van der Waals surface area contributed by atoms with Gasteiger partial charge in [0.15, 0.2) is 0 Å². The van der Waals surface area contributed by atoms with Gasteiger partial charge < -0.3 is 5.73 Å². The summed E-state index contributed by atoms with van der Waals surface area (Å²) in [5, 5.41) is 0.585. The molecule has 1 aromatic heterocycles. The van der Waals surface area contributed by atoms with Crippen molar-refractivity contribution >= 4 is 17.3 Å². The molecule has 0 aliphatic heterocycles. The summed E-state index contributed by atoms with van der Waals surface area (Å²) in [6.07, 6.45) is 0. The number of hydrogen-bond donors (Lipinski definition) is 1. The molecule has 4 nitrogen and oxygen atoms in total. The molecule has 0 bridgehead atoms. The van der Waals surface area contributed by atoms with E-state index in [2.05, 4.69) is 0 Å². The van der Waals surface area contributed by atoms with Gasteiger partial charge in [-0.2, -0.15) is 0 Å². The zero-order valence-corrected chi connectivity index (χ0v) is 9.82. The van der Waals surface area contributed by atoms with Crippen LogP contribution in [-0.2, 0) is 7.05 Å². The summed E-state index contributed by atoms with van der Waals surface area (Å²) < 4.78 is 3.21. The van der Waals surface area contributed by atoms with Gasteiger partial charge in [0.25, 0.3) is 5.56 Å². The van der Waals surface area contributed by atoms with Gasteiger partial charge in [0.05, 0.1) is 11.4 Å². The Kier molecular flexibility index (Phi) is 2.52. The number of hydrogen-bond acceptors (Lipinski definition) is 2. The van der Waals surface area contributed by atoms with Crippen LogP contribution in [0.1, 0.15) is 5.69 Å². The third-order valence-electron chi connectivity index (χ3n) is 2.65. The van der Waals surface area contributed by atoms with Crippen LogP contribution in [0.15, 0.2) is 29.1 Å². The van der Waals surface area contributed by atoms with Gasteiger partial charge in [0.2, 0.25) is 0 Å². The van der Waals surface area contributed by atoms with Crippen molar-refractivity contribution in [3.63, 3.8) is 0 Å². The van der Waals surface area contributed by atoms with Crippen LogP contribution in [0, 0.1) is 6.92 Å². The van der Waals surface area contributed by atoms with E-state index in [0.29, 0.717) is 10.7 Å². The molecule has 0 spiro atoms. The first-order chi connectivity index (χ1) is 7.52. The molecule has 84 valence electrons. The van der Waals surface area contributed by atoms with Crippen molar-refractivity contribution in [2.75, 3.05) is 5.73 Å². The van der Waals surface area contributed by atoms with Crippen LogP contribution in [0.25, 0.3) is 5.69 Å². The van der Waals surface area contributed by atoms with Crippen LogP contribution in [-0.4, -0.2) is 9.36 Å². The first-order valence-corrected chi connectivity index (χ1v) is 5.20. The molecule has 0 saturated heterocycles. The Morgan fingerprint density at radius 3 is 2.56 bits per heavy atom. The highest BCUT2D eigenvalue weighted by Gasteiger charge is 2.12. The average molecular weight is 238 g/mol. The number of rotatable bonds is 1. The molecule has 0 radical (unpaired) electrons. The zero-order chi connectivity index (χ0) is 11.9. The number of aromatic nitrogens is 2. The number of halogens is 1. The Balaban J connectivity index is 2.75. The molecule has 0 saturated carbocycles. The van der Waals surface area contributed by atoms with E-state index in [4.69, 9.17) is 17.3 Å². The predicted octanol–water partition coefficient (Wildman–Crippen LogP) is 1.72. The quantitative estimate of drug-likeness (QED) is 0.821. The maximum Gasteiger partial charge on any atom is 0.294 e. The summed E-state index contributed by atoms with van der Waals surface area (Å²) in [5.74, 6) is 0. The standard InChI is InChI=1S/C11H12ClN3O/c1-7-10(13)11(16)15(14(7)2)9-5-3-4-8(12)6-9/h3-6H,13H2,1-2H3. The number of nitrogen functional groups attached to an aromatic ring is 1. The molecule has 2 rings (SSSR count). The molecule has 2 aromatic rings. The van der Waals surface area contributed by atoms with Crippen LogP contribution in [0.4, 0.5) is 5.69 Å². The molecule has 0 fully saturated rings. The van der Waals surface area contributed by atoms with E-state index in [1.165, 1.54) is 4.68 Å². The van der Waals surface area contributed by atoms with Crippen molar-refractivity contribution in [3.8, 4) is 5.69 Å². The number of benzene rings is 1. The fourth-order valence-corrected chi connectivity index (χ4v) is 1.81. The van der Waals surface area contributed by atoms with Gasteiger partial charge in [0.1, 0.15) is 5.69 Å². The maximum atomic E-state index is 11.9. The molecule has 16 heavy (non-hydrogen) atoms. The van der Waals surface area contributed by atoms with E-state index >= 15 is 0 Å². The van der Waals surface area contributed by atoms with Crippen LogP contribution in [0.2, 0.25) is 5.02 Å². The lowest BCUT2D eigenvalue weighted by atomic mass is 10.3. The van der Waals surface area contributed by atoms with Gasteiger partial charge in [-0.15, -0.1) is 0 Å². The van der Waals surface area contributed by atoms with Crippen LogP contribution < -0.4 is 11.3 Å². The molecule has 0 unspecified atom stereocenters. The summed E-state index contributed by atoms with van der Waals surface area (Å²) in [7, 11) is 1.79. The predicted molar refractivity (Wildman–Crippen MR) is 65.2 cm³/mol. The molecule has 0 atom stereocenters. The van der Waals surface area contributed by atoms with Crippen LogP contribution in [0.3, 0.4) is 0 Å². The van der Waals surface area contributed by atoms with Crippen molar-refractivity contribution in [2.24, 2.45) is 7.05 Å². The average Bonchev–Trinajstić information content (AvgIpc) is 2.44. The van der Waals surface area contributed by atoms with Gasteiger partial charge in [-0.1, -0.05) is 17.7 Å². The Hall–Kier alpha value is -1.68. The maximum absolute atomic E-state index is 11.9. The normalized spacial score (nSPS) is 10.7. The highest BCUT2D eigenvalue weighted by molar-refractivity contribution is 6.30. The molecule has 0 aliphatic rings. The lowest BCUT2D eigenvalue weighted by molar-refractivity contribution is 0.630. The van der Waals surface area contributed by atoms with Crippen molar-refractivity contribution < 1.29 is 0 Å². The fraction of sp³-hybridized carbons (Fsp3) is 0.182. The Morgan fingerprint density at radius 1 is 1.38 bits per heavy atom. The molecule has 0 amide bonds. The minimum atomic E-state index is -0.220. The summed E-state index contributed by atoms with van der Waals surface area (Å²) in [5.41, 5.74) is 7.19. The molecular formula is C11H12ClN3O. The highest BCUT2D eigenvalue weighted by Crippen LogP contribution is 2.15. The van der Waals surface area contributed by atoms with E-state index < -0.39 is 0 Å². The largest absolute Gasteiger partial charge is 0.393 e. The van der Waals surface area contributed by atoms with Crippen molar-refractivity contribution in [1.29, 1.82) is 0 Å². The topological polar surface area (TPSA) is 53.0 Å². The molecule has 1 aromatic carbocycles. The smallest absolute Gasteiger partial charge is 0.294 e. The van der Waals surface area contributed by atoms with Crippen LogP contribution in [0.5, 0.6) is 0 Å². The minimum Gasteiger partial charge on any atom is -0.393 e. The van der Waals surface area contributed by atoms with Gasteiger partial charge in [-0.3, -0.25) is 9.48 Å². The first-order valence-electron chi connectivity index (χ1n) is 4.82. The van der Waals surface area contributed by atoms with Crippen molar-refractivity contribution in [3.05, 3.63) is 45.3 Å². The van der Waals surface area contributed by atoms with E-state index in [0.717, 1.165) is 5.69 Å². The van der Waals surface area contributed by atoms with Crippen molar-refractivity contribution in [2.45, 2.75) is 6.92 Å². The lowest BCUT2D eigenvalue weighted by Crippen LogP contribution is -2.20. The van der Waals surface area contributed by atoms with E-state index in [1.54, 1.807) is 36.9 Å². The second kappa shape index (κ2) is 3.72. The number of anilines is 1. The van der Waals surface area contributed by atoms with Crippen molar-refractivity contribution in [1.82, 2.24) is 9.36 Å². The SMILES string of the molecule is Cc1c(N)c(=O)n(-c2cccc(Cl)c2)n1C. The summed E-state index contributed by atoms with van der Waals surface area (Å²) in [6, 6.07) is 7.09. The first kappa shape index (κ1) is 10.8. The van der Waals surface area contributed by atoms with Gasteiger partial charge >= 0.3 is 0 Å². The Labute approximate surface area is 97.8 Å². The van der Waals surface area contributed by atoms with Gasteiger partial charge in [-0.25, -0.2) is 4.68 Å². The fourth-order valence-electron chi connectivity index (χ4n) is 1.63. The number of nitrogens with zero attached hydrogens (tertiary/aromatic N) is 2. The Morgan fingerprint density at radius 2 is 2.06 bits per heavy atom. The molecule has 0 aliphatic carbocycles. The minimum absolute atomic E-state index is 0.220. The third-order valence-corrected chi connectivity index (χ3v) is 2.89. The Bertz CT molecular complexity index is 598. The summed E-state index contributed by atoms with van der Waals surface area (Å²) in [6.45, 7) is 1.80. The third kappa shape index (κ3) is 1.51. The number of nitrogens with two attached hydrogens (primary N) is 1. The van der Waals surface area contributed by atoms with Crippen LogP contribution >= 0.6 is 11.6 Å². The van der Waals surface area contributed by atoms with E-state index in [1.807, 2.05) is 6.07 Å². The van der Waals surface area contributed by atoms with E-state index in [-0.39, 0.29) is 11.2 Å². The second-order valence-electron chi connectivity index (χ2n) is 3.62. The second-order valence-corrected chi connectivity index (χ2v) is 4.06.